The minimum atomic E-state index is -0.136. The van der Waals surface area contributed by atoms with E-state index in [2.05, 4.69) is 29.5 Å². The molecule has 3 aromatic rings. The van der Waals surface area contributed by atoms with Crippen LogP contribution in [0.1, 0.15) is 25.5 Å². The lowest BCUT2D eigenvalue weighted by molar-refractivity contribution is -0.122. The summed E-state index contributed by atoms with van der Waals surface area (Å²) in [6.07, 6.45) is 0. The minimum Gasteiger partial charge on any atom is -0.486 e. The third-order valence-corrected chi connectivity index (χ3v) is 4.62. The highest BCUT2D eigenvalue weighted by atomic mass is 16.6. The quantitative estimate of drug-likeness (QED) is 0.751. The molecule has 1 N–H and O–H groups in total. The Morgan fingerprint density at radius 3 is 2.74 bits per heavy atom. The third-order valence-electron chi connectivity index (χ3n) is 4.62. The number of carbonyl (C=O) groups excluding carboxylic acids is 1. The highest BCUT2D eigenvalue weighted by molar-refractivity contribution is 5.80. The van der Waals surface area contributed by atoms with Gasteiger partial charge in [-0.25, -0.2) is 4.68 Å². The summed E-state index contributed by atoms with van der Waals surface area (Å²) < 4.78 is 12.9. The standard InChI is InChI=1S/C20H22N4O3/c1-13(2)20(14-7-8-17-18(11-14)27-10-9-26-17)21-19(25)12-24-16-6-4-3-5-15(16)22-23-24/h3-8,11,13,20H,9-10,12H2,1-2H3,(H,21,25). The van der Waals surface area contributed by atoms with Gasteiger partial charge in [-0.2, -0.15) is 0 Å². The molecule has 0 radical (unpaired) electrons. The normalized spacial score (nSPS) is 14.3. The topological polar surface area (TPSA) is 78.3 Å². The first-order valence-corrected chi connectivity index (χ1v) is 9.09. The maximum Gasteiger partial charge on any atom is 0.242 e. The summed E-state index contributed by atoms with van der Waals surface area (Å²) in [5.41, 5.74) is 2.61. The van der Waals surface area contributed by atoms with E-state index in [4.69, 9.17) is 9.47 Å². The molecule has 4 rings (SSSR count). The predicted molar refractivity (Wildman–Crippen MR) is 101 cm³/mol. The number of hydrogen-bond donors (Lipinski definition) is 1. The summed E-state index contributed by atoms with van der Waals surface area (Å²) in [5, 5.41) is 11.3. The van der Waals surface area contributed by atoms with E-state index in [1.54, 1.807) is 4.68 Å². The van der Waals surface area contributed by atoms with Crippen molar-refractivity contribution in [3.05, 3.63) is 48.0 Å². The zero-order valence-electron chi connectivity index (χ0n) is 15.4. The molecule has 140 valence electrons. The second-order valence-electron chi connectivity index (χ2n) is 6.93. The average molecular weight is 366 g/mol. The number of amides is 1. The molecule has 1 unspecified atom stereocenters. The molecule has 1 aliphatic heterocycles. The van der Waals surface area contributed by atoms with E-state index in [-0.39, 0.29) is 24.4 Å². The van der Waals surface area contributed by atoms with Gasteiger partial charge in [0.1, 0.15) is 25.3 Å². The molecule has 0 spiro atoms. The first-order chi connectivity index (χ1) is 13.1. The number of ether oxygens (including phenoxy) is 2. The van der Waals surface area contributed by atoms with Crippen LogP contribution >= 0.6 is 0 Å². The molecule has 0 saturated carbocycles. The Bertz CT molecular complexity index is 967. The number of fused-ring (bicyclic) bond motifs is 2. The summed E-state index contributed by atoms with van der Waals surface area (Å²) >= 11 is 0. The molecule has 2 heterocycles. The molecule has 7 nitrogen and oxygen atoms in total. The molecule has 1 aromatic heterocycles. The largest absolute Gasteiger partial charge is 0.486 e. The smallest absolute Gasteiger partial charge is 0.242 e. The first kappa shape index (κ1) is 17.3. The fourth-order valence-electron chi connectivity index (χ4n) is 3.28. The monoisotopic (exact) mass is 366 g/mol. The third kappa shape index (κ3) is 3.58. The van der Waals surface area contributed by atoms with Crippen LogP contribution in [0.15, 0.2) is 42.5 Å². The lowest BCUT2D eigenvalue weighted by Gasteiger charge is -2.25. The van der Waals surface area contributed by atoms with Crippen LogP contribution in [0.5, 0.6) is 11.5 Å². The molecular weight excluding hydrogens is 344 g/mol. The van der Waals surface area contributed by atoms with Crippen molar-refractivity contribution in [2.45, 2.75) is 26.4 Å². The molecule has 2 aromatic carbocycles. The van der Waals surface area contributed by atoms with Crippen molar-refractivity contribution in [1.29, 1.82) is 0 Å². The molecule has 0 fully saturated rings. The maximum atomic E-state index is 12.7. The van der Waals surface area contributed by atoms with Crippen LogP contribution in [-0.4, -0.2) is 34.1 Å². The highest BCUT2D eigenvalue weighted by Crippen LogP contribution is 2.34. The molecule has 1 amide bonds. The summed E-state index contributed by atoms with van der Waals surface area (Å²) in [4.78, 5) is 12.7. The van der Waals surface area contributed by atoms with Crippen molar-refractivity contribution in [2.75, 3.05) is 13.2 Å². The van der Waals surface area contributed by atoms with Crippen LogP contribution < -0.4 is 14.8 Å². The number of carbonyl (C=O) groups is 1. The number of nitrogens with zero attached hydrogens (tertiary/aromatic N) is 3. The van der Waals surface area contributed by atoms with E-state index in [0.717, 1.165) is 28.1 Å². The van der Waals surface area contributed by atoms with Crippen LogP contribution in [0.2, 0.25) is 0 Å². The molecule has 27 heavy (non-hydrogen) atoms. The molecular formula is C20H22N4O3. The van der Waals surface area contributed by atoms with Crippen LogP contribution in [0, 0.1) is 5.92 Å². The van der Waals surface area contributed by atoms with Gasteiger partial charge in [0.25, 0.3) is 0 Å². The van der Waals surface area contributed by atoms with Gasteiger partial charge in [-0.15, -0.1) is 5.10 Å². The Labute approximate surface area is 157 Å². The van der Waals surface area contributed by atoms with E-state index in [1.165, 1.54) is 0 Å². The molecule has 0 aliphatic carbocycles. The van der Waals surface area contributed by atoms with Crippen molar-refractivity contribution in [1.82, 2.24) is 20.3 Å². The van der Waals surface area contributed by atoms with Crippen molar-refractivity contribution >= 4 is 16.9 Å². The Morgan fingerprint density at radius 1 is 1.15 bits per heavy atom. The van der Waals surface area contributed by atoms with Crippen molar-refractivity contribution in [3.8, 4) is 11.5 Å². The van der Waals surface area contributed by atoms with Crippen LogP contribution in [-0.2, 0) is 11.3 Å². The van der Waals surface area contributed by atoms with Crippen LogP contribution in [0.4, 0.5) is 0 Å². The summed E-state index contributed by atoms with van der Waals surface area (Å²) in [6.45, 7) is 5.37. The second-order valence-corrected chi connectivity index (χ2v) is 6.93. The number of aromatic nitrogens is 3. The number of rotatable bonds is 5. The van der Waals surface area contributed by atoms with Gasteiger partial charge >= 0.3 is 0 Å². The van der Waals surface area contributed by atoms with Gasteiger partial charge in [0.05, 0.1) is 11.6 Å². The number of nitrogens with one attached hydrogen (secondary N) is 1. The number of benzene rings is 2. The van der Waals surface area contributed by atoms with Gasteiger partial charge in [0.15, 0.2) is 11.5 Å². The van der Waals surface area contributed by atoms with E-state index in [1.807, 2.05) is 42.5 Å². The van der Waals surface area contributed by atoms with Crippen molar-refractivity contribution < 1.29 is 14.3 Å². The van der Waals surface area contributed by atoms with E-state index in [0.29, 0.717) is 13.2 Å². The van der Waals surface area contributed by atoms with Crippen molar-refractivity contribution in [3.63, 3.8) is 0 Å². The van der Waals surface area contributed by atoms with Gasteiger partial charge < -0.3 is 14.8 Å². The number of para-hydroxylation sites is 1. The first-order valence-electron chi connectivity index (χ1n) is 9.09. The fourth-order valence-corrected chi connectivity index (χ4v) is 3.28. The summed E-state index contributed by atoms with van der Waals surface area (Å²) in [6, 6.07) is 13.3. The Morgan fingerprint density at radius 2 is 1.93 bits per heavy atom. The zero-order chi connectivity index (χ0) is 18.8. The zero-order valence-corrected chi connectivity index (χ0v) is 15.4. The number of hydrogen-bond acceptors (Lipinski definition) is 5. The van der Waals surface area contributed by atoms with Gasteiger partial charge in [-0.3, -0.25) is 4.79 Å². The lowest BCUT2D eigenvalue weighted by Crippen LogP contribution is -2.34. The Balaban J connectivity index is 1.52. The predicted octanol–water partition coefficient (Wildman–Crippen LogP) is 2.72. The Kier molecular flexibility index (Phi) is 4.66. The van der Waals surface area contributed by atoms with E-state index in [9.17, 15) is 4.79 Å². The van der Waals surface area contributed by atoms with Gasteiger partial charge in [-0.05, 0) is 35.7 Å². The van der Waals surface area contributed by atoms with Gasteiger partial charge in [0.2, 0.25) is 5.91 Å². The van der Waals surface area contributed by atoms with Crippen LogP contribution in [0.3, 0.4) is 0 Å². The van der Waals surface area contributed by atoms with Gasteiger partial charge in [0, 0.05) is 0 Å². The lowest BCUT2D eigenvalue weighted by atomic mass is 9.95. The van der Waals surface area contributed by atoms with Crippen LogP contribution in [0.25, 0.3) is 11.0 Å². The second kappa shape index (κ2) is 7.26. The summed E-state index contributed by atoms with van der Waals surface area (Å²) in [7, 11) is 0. The van der Waals surface area contributed by atoms with Crippen molar-refractivity contribution in [2.24, 2.45) is 5.92 Å². The average Bonchev–Trinajstić information content (AvgIpc) is 3.08. The maximum absolute atomic E-state index is 12.7. The molecule has 1 atom stereocenters. The summed E-state index contributed by atoms with van der Waals surface area (Å²) in [5.74, 6) is 1.57. The minimum absolute atomic E-state index is 0.112. The highest BCUT2D eigenvalue weighted by Gasteiger charge is 2.22. The Hall–Kier alpha value is -3.09. The SMILES string of the molecule is CC(C)C(NC(=O)Cn1nnc2ccccc21)c1ccc2c(c1)OCCO2. The molecule has 0 bridgehead atoms. The van der Waals surface area contributed by atoms with Gasteiger partial charge in [-0.1, -0.05) is 37.3 Å². The molecule has 7 heteroatoms. The van der Waals surface area contributed by atoms with E-state index >= 15 is 0 Å². The molecule has 0 saturated heterocycles. The van der Waals surface area contributed by atoms with E-state index < -0.39 is 0 Å². The fraction of sp³-hybridized carbons (Fsp3) is 0.350. The molecule has 1 aliphatic rings.